The van der Waals surface area contributed by atoms with Crippen LogP contribution in [0.5, 0.6) is 0 Å². The molecule has 8 nitrogen and oxygen atoms in total. The Labute approximate surface area is 168 Å². The average molecular weight is 393 g/mol. The van der Waals surface area contributed by atoms with E-state index in [1.165, 1.54) is 0 Å². The van der Waals surface area contributed by atoms with Crippen molar-refractivity contribution in [1.82, 2.24) is 19.7 Å². The van der Waals surface area contributed by atoms with Gasteiger partial charge < -0.3 is 10.4 Å². The third-order valence-corrected chi connectivity index (χ3v) is 4.57. The third kappa shape index (κ3) is 4.66. The van der Waals surface area contributed by atoms with Gasteiger partial charge in [-0.05, 0) is 45.4 Å². The van der Waals surface area contributed by atoms with Gasteiger partial charge in [0, 0.05) is 28.3 Å². The van der Waals surface area contributed by atoms with Crippen LogP contribution in [0, 0.1) is 27.7 Å². The lowest BCUT2D eigenvalue weighted by atomic mass is 10.1. The molecule has 2 heterocycles. The van der Waals surface area contributed by atoms with Gasteiger partial charge in [0.25, 0.3) is 5.95 Å². The van der Waals surface area contributed by atoms with Crippen molar-refractivity contribution in [3.8, 4) is 5.95 Å². The number of amides is 1. The Hall–Kier alpha value is -3.55. The monoisotopic (exact) mass is 393 g/mol. The highest BCUT2D eigenvalue weighted by Crippen LogP contribution is 2.20. The van der Waals surface area contributed by atoms with E-state index in [0.29, 0.717) is 17.2 Å². The summed E-state index contributed by atoms with van der Waals surface area (Å²) in [5.41, 5.74) is 5.05. The minimum absolute atomic E-state index is 0.115. The summed E-state index contributed by atoms with van der Waals surface area (Å²) in [5, 5.41) is 16.4. The summed E-state index contributed by atoms with van der Waals surface area (Å²) in [6, 6.07) is 8.78. The topological polar surface area (TPSA) is 110 Å². The first-order chi connectivity index (χ1) is 13.7. The fourth-order valence-corrected chi connectivity index (χ4v) is 3.24. The van der Waals surface area contributed by atoms with Crippen molar-refractivity contribution >= 4 is 17.6 Å². The summed E-state index contributed by atoms with van der Waals surface area (Å²) in [5.74, 6) is -0.718. The molecule has 2 N–H and O–H groups in total. The van der Waals surface area contributed by atoms with Crippen LogP contribution >= 0.6 is 0 Å². The van der Waals surface area contributed by atoms with Crippen molar-refractivity contribution in [2.45, 2.75) is 40.5 Å². The van der Waals surface area contributed by atoms with Crippen LogP contribution in [0.15, 0.2) is 30.3 Å². The Bertz CT molecular complexity index is 1070. The molecular weight excluding hydrogens is 370 g/mol. The van der Waals surface area contributed by atoms with E-state index >= 15 is 0 Å². The zero-order valence-electron chi connectivity index (χ0n) is 16.9. The molecule has 2 aromatic heterocycles. The highest BCUT2D eigenvalue weighted by Gasteiger charge is 2.18. The normalized spacial score (nSPS) is 10.8. The molecule has 0 saturated carbocycles. The maximum atomic E-state index is 12.7. The smallest absolute Gasteiger partial charge is 0.307 e. The van der Waals surface area contributed by atoms with E-state index in [9.17, 15) is 9.59 Å². The van der Waals surface area contributed by atoms with E-state index in [2.05, 4.69) is 20.4 Å². The molecule has 0 fully saturated rings. The largest absolute Gasteiger partial charge is 0.481 e. The third-order valence-electron chi connectivity index (χ3n) is 4.57. The fraction of sp³-hybridized carbons (Fsp3) is 0.286. The van der Waals surface area contributed by atoms with Gasteiger partial charge in [-0.1, -0.05) is 18.2 Å². The quantitative estimate of drug-likeness (QED) is 0.666. The molecule has 0 spiro atoms. The summed E-state index contributed by atoms with van der Waals surface area (Å²) in [6.45, 7) is 7.51. The van der Waals surface area contributed by atoms with E-state index in [4.69, 9.17) is 5.11 Å². The predicted octanol–water partition coefficient (Wildman–Crippen LogP) is 2.70. The second-order valence-corrected chi connectivity index (χ2v) is 6.96. The molecule has 0 atom stereocenters. The molecule has 1 aromatic carbocycles. The number of carbonyl (C=O) groups is 2. The van der Waals surface area contributed by atoms with Gasteiger partial charge in [-0.2, -0.15) is 5.10 Å². The molecule has 0 aliphatic rings. The lowest BCUT2D eigenvalue weighted by Gasteiger charge is -2.10. The van der Waals surface area contributed by atoms with Crippen LogP contribution < -0.4 is 5.32 Å². The van der Waals surface area contributed by atoms with E-state index in [0.717, 1.165) is 28.3 Å². The molecule has 0 aliphatic heterocycles. The summed E-state index contributed by atoms with van der Waals surface area (Å²) in [7, 11) is 0. The second kappa shape index (κ2) is 8.22. The molecule has 0 unspecified atom stereocenters. The molecule has 8 heteroatoms. The number of carboxylic acids is 1. The number of para-hydroxylation sites is 1. The molecule has 0 radical (unpaired) electrons. The number of benzene rings is 1. The van der Waals surface area contributed by atoms with E-state index < -0.39 is 5.97 Å². The molecule has 3 aromatic rings. The highest BCUT2D eigenvalue weighted by molar-refractivity contribution is 5.93. The number of aromatic nitrogens is 4. The summed E-state index contributed by atoms with van der Waals surface area (Å²) in [4.78, 5) is 32.6. The molecular formula is C21H23N5O3. The van der Waals surface area contributed by atoms with Gasteiger partial charge >= 0.3 is 5.97 Å². The van der Waals surface area contributed by atoms with Crippen molar-refractivity contribution in [3.63, 3.8) is 0 Å². The number of carbonyl (C=O) groups excluding carboxylic acids is 1. The van der Waals surface area contributed by atoms with Gasteiger partial charge in [-0.3, -0.25) is 9.59 Å². The fourth-order valence-electron chi connectivity index (χ4n) is 3.24. The Kier molecular flexibility index (Phi) is 5.72. The summed E-state index contributed by atoms with van der Waals surface area (Å²) >= 11 is 0. The van der Waals surface area contributed by atoms with Crippen LogP contribution in [0.4, 0.5) is 5.69 Å². The number of rotatable bonds is 6. The lowest BCUT2D eigenvalue weighted by Crippen LogP contribution is -2.17. The molecule has 29 heavy (non-hydrogen) atoms. The van der Waals surface area contributed by atoms with Crippen LogP contribution in [-0.4, -0.2) is 36.7 Å². The molecule has 0 saturated heterocycles. The van der Waals surface area contributed by atoms with Crippen LogP contribution in [0.2, 0.25) is 0 Å². The first-order valence-electron chi connectivity index (χ1n) is 9.22. The van der Waals surface area contributed by atoms with Crippen LogP contribution in [0.3, 0.4) is 0 Å². The van der Waals surface area contributed by atoms with E-state index in [1.54, 1.807) is 28.9 Å². The number of aryl methyl sites for hydroxylation is 3. The Morgan fingerprint density at radius 1 is 1.03 bits per heavy atom. The zero-order valence-corrected chi connectivity index (χ0v) is 16.9. The van der Waals surface area contributed by atoms with Crippen LogP contribution in [-0.2, 0) is 22.4 Å². The Balaban J connectivity index is 1.83. The molecule has 0 aliphatic carbocycles. The van der Waals surface area contributed by atoms with Crippen LogP contribution in [0.25, 0.3) is 5.95 Å². The number of nitrogens with one attached hydrogen (secondary N) is 1. The Morgan fingerprint density at radius 3 is 2.34 bits per heavy atom. The van der Waals surface area contributed by atoms with Crippen molar-refractivity contribution in [3.05, 3.63) is 64.2 Å². The van der Waals surface area contributed by atoms with Gasteiger partial charge in [0.15, 0.2) is 0 Å². The number of hydrogen-bond acceptors (Lipinski definition) is 5. The average Bonchev–Trinajstić information content (AvgIpc) is 2.90. The standard InChI is InChI=1S/C21H23N5O3/c1-12-9-13(2)23-21(22-12)26-15(4)17(14(3)25-26)11-19(27)24-18-8-6-5-7-16(18)10-20(28)29/h5-9H,10-11H2,1-4H3,(H,24,27)(H,28,29). The van der Waals surface area contributed by atoms with Gasteiger partial charge in [-0.25, -0.2) is 14.6 Å². The maximum absolute atomic E-state index is 12.7. The molecule has 1 amide bonds. The van der Waals surface area contributed by atoms with E-state index in [-0.39, 0.29) is 18.7 Å². The zero-order chi connectivity index (χ0) is 21.1. The lowest BCUT2D eigenvalue weighted by molar-refractivity contribution is -0.136. The van der Waals surface area contributed by atoms with Crippen molar-refractivity contribution < 1.29 is 14.7 Å². The van der Waals surface area contributed by atoms with Crippen molar-refractivity contribution in [2.75, 3.05) is 5.32 Å². The SMILES string of the molecule is Cc1cc(C)nc(-n2nc(C)c(CC(=O)Nc3ccccc3CC(=O)O)c2C)n1. The van der Waals surface area contributed by atoms with Crippen LogP contribution in [0.1, 0.15) is 33.9 Å². The molecule has 3 rings (SSSR count). The minimum Gasteiger partial charge on any atom is -0.481 e. The first kappa shape index (κ1) is 20.2. The Morgan fingerprint density at radius 2 is 1.69 bits per heavy atom. The number of aliphatic carboxylic acids is 1. The minimum atomic E-state index is -0.951. The maximum Gasteiger partial charge on any atom is 0.307 e. The molecule has 0 bridgehead atoms. The first-order valence-corrected chi connectivity index (χ1v) is 9.22. The van der Waals surface area contributed by atoms with E-state index in [1.807, 2.05) is 33.8 Å². The summed E-state index contributed by atoms with van der Waals surface area (Å²) in [6.07, 6.45) is -0.0413. The van der Waals surface area contributed by atoms with Crippen molar-refractivity contribution in [2.24, 2.45) is 0 Å². The number of nitrogens with zero attached hydrogens (tertiary/aromatic N) is 4. The summed E-state index contributed by atoms with van der Waals surface area (Å²) < 4.78 is 1.65. The molecule has 150 valence electrons. The number of anilines is 1. The number of carboxylic acid groups (broad SMARTS) is 1. The second-order valence-electron chi connectivity index (χ2n) is 6.96. The predicted molar refractivity (Wildman–Crippen MR) is 108 cm³/mol. The van der Waals surface area contributed by atoms with Gasteiger partial charge in [0.1, 0.15) is 0 Å². The number of hydrogen-bond donors (Lipinski definition) is 2. The highest BCUT2D eigenvalue weighted by atomic mass is 16.4. The van der Waals surface area contributed by atoms with Crippen molar-refractivity contribution in [1.29, 1.82) is 0 Å². The van der Waals surface area contributed by atoms with Gasteiger partial charge in [0.05, 0.1) is 18.5 Å². The van der Waals surface area contributed by atoms with Gasteiger partial charge in [-0.15, -0.1) is 0 Å². The van der Waals surface area contributed by atoms with Gasteiger partial charge in [0.2, 0.25) is 5.91 Å².